The molecule has 0 saturated heterocycles. The van der Waals surface area contributed by atoms with Crippen molar-refractivity contribution < 1.29 is 14.3 Å². The smallest absolute Gasteiger partial charge is 0.338 e. The minimum atomic E-state index is -0.483. The molecule has 2 aromatic rings. The van der Waals surface area contributed by atoms with Crippen LogP contribution in [0.25, 0.3) is 0 Å². The van der Waals surface area contributed by atoms with Crippen LogP contribution in [0.15, 0.2) is 54.6 Å². The number of nitrogens with one attached hydrogen (secondary N) is 1. The normalized spacial score (nSPS) is 9.95. The molecule has 21 heavy (non-hydrogen) atoms. The fraction of sp³-hybridized carbons (Fsp3) is 0.176. The van der Waals surface area contributed by atoms with Gasteiger partial charge in [0.2, 0.25) is 0 Å². The summed E-state index contributed by atoms with van der Waals surface area (Å²) in [6.07, 6.45) is 0. The van der Waals surface area contributed by atoms with E-state index in [2.05, 4.69) is 5.32 Å². The van der Waals surface area contributed by atoms with Crippen molar-refractivity contribution in [2.24, 2.45) is 0 Å². The molecule has 0 aliphatic rings. The van der Waals surface area contributed by atoms with E-state index in [1.807, 2.05) is 49.4 Å². The zero-order chi connectivity index (χ0) is 15.1. The summed E-state index contributed by atoms with van der Waals surface area (Å²) in [4.78, 5) is 23.5. The van der Waals surface area contributed by atoms with Gasteiger partial charge in [-0.05, 0) is 24.1 Å². The van der Waals surface area contributed by atoms with Crippen LogP contribution in [-0.4, -0.2) is 18.5 Å². The number of carbonyl (C=O) groups excluding carboxylic acids is 2. The van der Waals surface area contributed by atoms with Crippen LogP contribution in [0.2, 0.25) is 0 Å². The van der Waals surface area contributed by atoms with Crippen molar-refractivity contribution in [2.75, 3.05) is 6.61 Å². The quantitative estimate of drug-likeness (QED) is 0.858. The average molecular weight is 283 g/mol. The van der Waals surface area contributed by atoms with Gasteiger partial charge in [0.15, 0.2) is 6.61 Å². The van der Waals surface area contributed by atoms with E-state index < -0.39 is 5.97 Å². The fourth-order valence-corrected chi connectivity index (χ4v) is 1.86. The van der Waals surface area contributed by atoms with Crippen molar-refractivity contribution in [3.05, 3.63) is 71.3 Å². The molecule has 2 rings (SSSR count). The third-order valence-corrected chi connectivity index (χ3v) is 3.03. The fourth-order valence-electron chi connectivity index (χ4n) is 1.86. The molecule has 4 nitrogen and oxygen atoms in total. The van der Waals surface area contributed by atoms with Crippen molar-refractivity contribution >= 4 is 11.9 Å². The lowest BCUT2D eigenvalue weighted by Gasteiger charge is -2.08. The second kappa shape index (κ2) is 7.24. The molecule has 2 aromatic carbocycles. The van der Waals surface area contributed by atoms with E-state index in [-0.39, 0.29) is 12.5 Å². The molecule has 0 saturated carbocycles. The third kappa shape index (κ3) is 4.45. The molecule has 4 heteroatoms. The van der Waals surface area contributed by atoms with Crippen LogP contribution in [0.3, 0.4) is 0 Å². The second-order valence-corrected chi connectivity index (χ2v) is 4.65. The van der Waals surface area contributed by atoms with Gasteiger partial charge >= 0.3 is 5.97 Å². The van der Waals surface area contributed by atoms with Gasteiger partial charge in [0.1, 0.15) is 0 Å². The first kappa shape index (κ1) is 14.8. The molecule has 0 aliphatic carbocycles. The van der Waals surface area contributed by atoms with E-state index in [0.717, 1.165) is 11.1 Å². The Balaban J connectivity index is 1.79. The van der Waals surface area contributed by atoms with Crippen molar-refractivity contribution in [3.63, 3.8) is 0 Å². The molecule has 0 fully saturated rings. The molecule has 0 aromatic heterocycles. The van der Waals surface area contributed by atoms with Crippen LogP contribution in [-0.2, 0) is 16.1 Å². The lowest BCUT2D eigenvalue weighted by Crippen LogP contribution is -2.28. The maximum absolute atomic E-state index is 11.8. The molecule has 0 atom stereocenters. The first-order valence-corrected chi connectivity index (χ1v) is 6.70. The third-order valence-electron chi connectivity index (χ3n) is 3.03. The molecule has 0 aliphatic heterocycles. The lowest BCUT2D eigenvalue weighted by atomic mass is 10.1. The number of ether oxygens (including phenoxy) is 1. The Kier molecular flexibility index (Phi) is 5.10. The first-order valence-electron chi connectivity index (χ1n) is 6.70. The predicted molar refractivity (Wildman–Crippen MR) is 79.8 cm³/mol. The number of benzene rings is 2. The summed E-state index contributed by atoms with van der Waals surface area (Å²) in [5, 5.41) is 2.70. The number of aryl methyl sites for hydroxylation is 1. The van der Waals surface area contributed by atoms with E-state index in [0.29, 0.717) is 12.1 Å². The molecule has 1 N–H and O–H groups in total. The van der Waals surface area contributed by atoms with Crippen LogP contribution in [0.1, 0.15) is 21.5 Å². The predicted octanol–water partition coefficient (Wildman–Crippen LogP) is 2.47. The number of hydrogen-bond donors (Lipinski definition) is 1. The second-order valence-electron chi connectivity index (χ2n) is 4.65. The highest BCUT2D eigenvalue weighted by Gasteiger charge is 2.11. The van der Waals surface area contributed by atoms with Gasteiger partial charge in [-0.3, -0.25) is 4.79 Å². The molecule has 0 heterocycles. The van der Waals surface area contributed by atoms with Gasteiger partial charge in [-0.15, -0.1) is 0 Å². The van der Waals surface area contributed by atoms with Gasteiger partial charge < -0.3 is 10.1 Å². The number of carbonyl (C=O) groups is 2. The summed E-state index contributed by atoms with van der Waals surface area (Å²) in [7, 11) is 0. The topological polar surface area (TPSA) is 55.4 Å². The van der Waals surface area contributed by atoms with Crippen LogP contribution >= 0.6 is 0 Å². The summed E-state index contributed by atoms with van der Waals surface area (Å²) in [6.45, 7) is 1.97. The Labute approximate surface area is 123 Å². The molecule has 0 bridgehead atoms. The molecule has 0 radical (unpaired) electrons. The monoisotopic (exact) mass is 283 g/mol. The number of esters is 1. The largest absolute Gasteiger partial charge is 0.452 e. The number of rotatable bonds is 5. The van der Waals surface area contributed by atoms with E-state index in [4.69, 9.17) is 4.74 Å². The summed E-state index contributed by atoms with van der Waals surface area (Å²) in [5.74, 6) is -0.802. The van der Waals surface area contributed by atoms with Crippen LogP contribution < -0.4 is 5.32 Å². The number of amides is 1. The van der Waals surface area contributed by atoms with Gasteiger partial charge in [-0.25, -0.2) is 4.79 Å². The molecule has 0 unspecified atom stereocenters. The standard InChI is InChI=1S/C17H17NO3/c1-13-7-5-6-10-15(13)17(20)21-12-16(19)18-11-14-8-3-2-4-9-14/h2-10H,11-12H2,1H3,(H,18,19). The highest BCUT2D eigenvalue weighted by Crippen LogP contribution is 2.08. The zero-order valence-corrected chi connectivity index (χ0v) is 11.8. The van der Waals surface area contributed by atoms with E-state index in [1.165, 1.54) is 0 Å². The Morgan fingerprint density at radius 3 is 2.38 bits per heavy atom. The van der Waals surface area contributed by atoms with Gasteiger partial charge in [0.05, 0.1) is 5.56 Å². The average Bonchev–Trinajstić information content (AvgIpc) is 2.52. The molecule has 108 valence electrons. The SMILES string of the molecule is Cc1ccccc1C(=O)OCC(=O)NCc1ccccc1. The van der Waals surface area contributed by atoms with Gasteiger partial charge in [0.25, 0.3) is 5.91 Å². The maximum Gasteiger partial charge on any atom is 0.338 e. The zero-order valence-electron chi connectivity index (χ0n) is 11.8. The first-order chi connectivity index (χ1) is 10.2. The van der Waals surface area contributed by atoms with Gasteiger partial charge in [-0.1, -0.05) is 48.5 Å². The van der Waals surface area contributed by atoms with E-state index in [1.54, 1.807) is 12.1 Å². The Hall–Kier alpha value is -2.62. The summed E-state index contributed by atoms with van der Waals surface area (Å²) < 4.78 is 5.01. The van der Waals surface area contributed by atoms with Crippen molar-refractivity contribution in [1.82, 2.24) is 5.32 Å². The van der Waals surface area contributed by atoms with Crippen molar-refractivity contribution in [2.45, 2.75) is 13.5 Å². The van der Waals surface area contributed by atoms with Crippen molar-refractivity contribution in [3.8, 4) is 0 Å². The van der Waals surface area contributed by atoms with Crippen LogP contribution in [0.5, 0.6) is 0 Å². The Bertz CT molecular complexity index is 623. The highest BCUT2D eigenvalue weighted by atomic mass is 16.5. The maximum atomic E-state index is 11.8. The summed E-state index contributed by atoms with van der Waals surface area (Å²) >= 11 is 0. The Morgan fingerprint density at radius 2 is 1.67 bits per heavy atom. The van der Waals surface area contributed by atoms with E-state index in [9.17, 15) is 9.59 Å². The summed E-state index contributed by atoms with van der Waals surface area (Å²) in [5.41, 5.74) is 2.30. The summed E-state index contributed by atoms with van der Waals surface area (Å²) in [6, 6.07) is 16.7. The van der Waals surface area contributed by atoms with E-state index >= 15 is 0 Å². The van der Waals surface area contributed by atoms with Crippen LogP contribution in [0, 0.1) is 6.92 Å². The van der Waals surface area contributed by atoms with Crippen molar-refractivity contribution in [1.29, 1.82) is 0 Å². The molecule has 0 spiro atoms. The number of hydrogen-bond acceptors (Lipinski definition) is 3. The van der Waals surface area contributed by atoms with Gasteiger partial charge in [0, 0.05) is 6.54 Å². The minimum Gasteiger partial charge on any atom is -0.452 e. The lowest BCUT2D eigenvalue weighted by molar-refractivity contribution is -0.124. The highest BCUT2D eigenvalue weighted by molar-refractivity contribution is 5.92. The molecule has 1 amide bonds. The Morgan fingerprint density at radius 1 is 1.00 bits per heavy atom. The molecular formula is C17H17NO3. The minimum absolute atomic E-state index is 0.278. The molecular weight excluding hydrogens is 266 g/mol. The van der Waals surface area contributed by atoms with Crippen LogP contribution in [0.4, 0.5) is 0 Å². The van der Waals surface area contributed by atoms with Gasteiger partial charge in [-0.2, -0.15) is 0 Å².